The first-order valence-corrected chi connectivity index (χ1v) is 9.39. The molecule has 6 heteroatoms. The van der Waals surface area contributed by atoms with Gasteiger partial charge in [0, 0.05) is 30.8 Å². The van der Waals surface area contributed by atoms with Gasteiger partial charge < -0.3 is 19.5 Å². The van der Waals surface area contributed by atoms with Crippen LogP contribution in [0.4, 0.5) is 0 Å². The van der Waals surface area contributed by atoms with Gasteiger partial charge in [0.1, 0.15) is 11.2 Å². The van der Waals surface area contributed by atoms with Crippen molar-refractivity contribution in [2.45, 2.75) is 6.42 Å². The molecule has 2 aliphatic heterocycles. The maximum Gasteiger partial charge on any atom is 0.314 e. The van der Waals surface area contributed by atoms with Gasteiger partial charge in [0.15, 0.2) is 0 Å². The largest absolute Gasteiger partial charge is 0.496 e. The molecule has 2 atom stereocenters. The average molecular weight is 381 g/mol. The summed E-state index contributed by atoms with van der Waals surface area (Å²) in [6.45, 7) is 1.35. The lowest BCUT2D eigenvalue weighted by molar-refractivity contribution is -0.159. The van der Waals surface area contributed by atoms with E-state index in [2.05, 4.69) is 0 Å². The van der Waals surface area contributed by atoms with E-state index in [1.54, 1.807) is 18.1 Å². The Labute approximate surface area is 163 Å². The van der Waals surface area contributed by atoms with Crippen LogP contribution in [0.15, 0.2) is 48.5 Å². The molecule has 146 valence electrons. The maximum atomic E-state index is 13.2. The highest BCUT2D eigenvalue weighted by Crippen LogP contribution is 2.42. The third-order valence-electron chi connectivity index (χ3n) is 5.91. The lowest BCUT2D eigenvalue weighted by Crippen LogP contribution is -2.46. The molecule has 0 unspecified atom stereocenters. The molecule has 0 aromatic heterocycles. The van der Waals surface area contributed by atoms with Crippen molar-refractivity contribution in [2.24, 2.45) is 11.3 Å². The number of carbonyl (C=O) groups excluding carboxylic acids is 1. The van der Waals surface area contributed by atoms with Crippen LogP contribution >= 0.6 is 0 Å². The third-order valence-corrected chi connectivity index (χ3v) is 5.91. The number of carbonyl (C=O) groups is 2. The van der Waals surface area contributed by atoms with Crippen LogP contribution < -0.4 is 4.74 Å². The first-order valence-electron chi connectivity index (χ1n) is 9.39. The summed E-state index contributed by atoms with van der Waals surface area (Å²) in [5.74, 6) is -0.358. The molecule has 2 aliphatic rings. The van der Waals surface area contributed by atoms with Gasteiger partial charge in [-0.15, -0.1) is 0 Å². The number of hydrogen-bond donors (Lipinski definition) is 1. The van der Waals surface area contributed by atoms with Crippen molar-refractivity contribution in [3.63, 3.8) is 0 Å². The van der Waals surface area contributed by atoms with E-state index in [4.69, 9.17) is 9.47 Å². The monoisotopic (exact) mass is 381 g/mol. The van der Waals surface area contributed by atoms with Crippen LogP contribution in [0.2, 0.25) is 0 Å². The molecule has 2 saturated heterocycles. The fraction of sp³-hybridized carbons (Fsp3) is 0.364. The van der Waals surface area contributed by atoms with Crippen LogP contribution in [0.5, 0.6) is 5.75 Å². The molecule has 4 rings (SSSR count). The second kappa shape index (κ2) is 7.28. The van der Waals surface area contributed by atoms with E-state index in [0.29, 0.717) is 25.1 Å². The molecule has 1 N–H and O–H groups in total. The van der Waals surface area contributed by atoms with Crippen LogP contribution in [0, 0.1) is 11.3 Å². The first kappa shape index (κ1) is 18.5. The SMILES string of the molecule is COc1ccccc1-c1cccc(C(=O)N2C[C@@H]3CCOC[C@]3(C(=O)O)C2)c1. The van der Waals surface area contributed by atoms with Gasteiger partial charge in [-0.3, -0.25) is 9.59 Å². The van der Waals surface area contributed by atoms with E-state index in [1.807, 2.05) is 42.5 Å². The molecule has 2 heterocycles. The van der Waals surface area contributed by atoms with E-state index in [9.17, 15) is 14.7 Å². The number of likely N-dealkylation sites (tertiary alicyclic amines) is 1. The summed E-state index contributed by atoms with van der Waals surface area (Å²) >= 11 is 0. The quantitative estimate of drug-likeness (QED) is 0.881. The summed E-state index contributed by atoms with van der Waals surface area (Å²) in [4.78, 5) is 26.8. The maximum absolute atomic E-state index is 13.2. The van der Waals surface area contributed by atoms with E-state index < -0.39 is 11.4 Å². The Bertz CT molecular complexity index is 911. The Morgan fingerprint density at radius 3 is 2.79 bits per heavy atom. The summed E-state index contributed by atoms with van der Waals surface area (Å²) in [6, 6.07) is 15.0. The molecule has 28 heavy (non-hydrogen) atoms. The predicted molar refractivity (Wildman–Crippen MR) is 103 cm³/mol. The summed E-state index contributed by atoms with van der Waals surface area (Å²) in [5, 5.41) is 9.79. The molecule has 6 nitrogen and oxygen atoms in total. The molecule has 0 bridgehead atoms. The zero-order valence-electron chi connectivity index (χ0n) is 15.8. The molecule has 2 fully saturated rings. The molecule has 0 aliphatic carbocycles. The molecule has 2 aromatic rings. The first-order chi connectivity index (χ1) is 13.5. The van der Waals surface area contributed by atoms with Crippen molar-refractivity contribution in [2.75, 3.05) is 33.4 Å². The smallest absolute Gasteiger partial charge is 0.314 e. The van der Waals surface area contributed by atoms with Crippen molar-refractivity contribution < 1.29 is 24.2 Å². The Morgan fingerprint density at radius 2 is 2.04 bits per heavy atom. The van der Waals surface area contributed by atoms with Gasteiger partial charge in [-0.1, -0.05) is 30.3 Å². The number of carboxylic acids is 1. The number of benzene rings is 2. The minimum absolute atomic E-state index is 0.0694. The van der Waals surface area contributed by atoms with Crippen LogP contribution in [-0.4, -0.2) is 55.3 Å². The van der Waals surface area contributed by atoms with Crippen molar-refractivity contribution in [3.8, 4) is 16.9 Å². The highest BCUT2D eigenvalue weighted by molar-refractivity contribution is 5.96. The highest BCUT2D eigenvalue weighted by Gasteiger charge is 2.55. The molecule has 2 aromatic carbocycles. The van der Waals surface area contributed by atoms with Crippen LogP contribution in [0.25, 0.3) is 11.1 Å². The Morgan fingerprint density at radius 1 is 1.21 bits per heavy atom. The van der Waals surface area contributed by atoms with Crippen molar-refractivity contribution in [1.29, 1.82) is 0 Å². The summed E-state index contributed by atoms with van der Waals surface area (Å²) in [5.41, 5.74) is 1.35. The van der Waals surface area contributed by atoms with Crippen LogP contribution in [-0.2, 0) is 9.53 Å². The number of amides is 1. The van der Waals surface area contributed by atoms with E-state index in [0.717, 1.165) is 16.9 Å². The number of fused-ring (bicyclic) bond motifs is 1. The molecular weight excluding hydrogens is 358 g/mol. The lowest BCUT2D eigenvalue weighted by atomic mass is 9.76. The van der Waals surface area contributed by atoms with E-state index in [-0.39, 0.29) is 25.0 Å². The fourth-order valence-corrected chi connectivity index (χ4v) is 4.33. The molecule has 1 amide bonds. The summed E-state index contributed by atoms with van der Waals surface area (Å²) in [6.07, 6.45) is 0.664. The number of nitrogens with zero attached hydrogens (tertiary/aromatic N) is 1. The second-order valence-corrected chi connectivity index (χ2v) is 7.47. The van der Waals surface area contributed by atoms with Crippen LogP contribution in [0.3, 0.4) is 0 Å². The van der Waals surface area contributed by atoms with Gasteiger partial charge in [-0.05, 0) is 36.1 Å². The number of aliphatic carboxylic acids is 1. The topological polar surface area (TPSA) is 76.1 Å². The van der Waals surface area contributed by atoms with Gasteiger partial charge in [0.05, 0.1) is 13.7 Å². The second-order valence-electron chi connectivity index (χ2n) is 7.47. The van der Waals surface area contributed by atoms with Gasteiger partial charge in [-0.2, -0.15) is 0 Å². The Balaban J connectivity index is 1.62. The Hall–Kier alpha value is -2.86. The van der Waals surface area contributed by atoms with Gasteiger partial charge in [-0.25, -0.2) is 0 Å². The highest BCUT2D eigenvalue weighted by atomic mass is 16.5. The average Bonchev–Trinajstić information content (AvgIpc) is 3.14. The number of carboxylic acid groups (broad SMARTS) is 1. The minimum Gasteiger partial charge on any atom is -0.496 e. The molecular formula is C22H23NO5. The molecule has 0 spiro atoms. The van der Waals surface area contributed by atoms with Gasteiger partial charge in [0.25, 0.3) is 5.91 Å². The normalized spacial score (nSPS) is 23.9. The minimum atomic E-state index is -0.992. The number of para-hydroxylation sites is 1. The fourth-order valence-electron chi connectivity index (χ4n) is 4.33. The van der Waals surface area contributed by atoms with E-state index in [1.165, 1.54) is 0 Å². The standard InChI is InChI=1S/C22H23NO5/c1-27-19-8-3-2-7-18(19)15-5-4-6-16(11-15)20(24)23-12-17-9-10-28-14-22(17,13-23)21(25)26/h2-8,11,17H,9-10,12-14H2,1H3,(H,25,26)/t17-,22+/m0/s1. The summed E-state index contributed by atoms with van der Waals surface area (Å²) < 4.78 is 10.9. The zero-order valence-corrected chi connectivity index (χ0v) is 15.8. The Kier molecular flexibility index (Phi) is 4.81. The van der Waals surface area contributed by atoms with E-state index >= 15 is 0 Å². The molecule has 0 radical (unpaired) electrons. The number of hydrogen-bond acceptors (Lipinski definition) is 4. The lowest BCUT2D eigenvalue weighted by Gasteiger charge is -2.33. The predicted octanol–water partition coefficient (Wildman–Crippen LogP) is 2.93. The number of ether oxygens (including phenoxy) is 2. The third kappa shape index (κ3) is 3.03. The molecule has 0 saturated carbocycles. The number of rotatable bonds is 4. The zero-order chi connectivity index (χ0) is 19.7. The number of methoxy groups -OCH3 is 1. The summed E-state index contributed by atoms with van der Waals surface area (Å²) in [7, 11) is 1.62. The van der Waals surface area contributed by atoms with Crippen molar-refractivity contribution in [1.82, 2.24) is 4.90 Å². The van der Waals surface area contributed by atoms with Crippen molar-refractivity contribution in [3.05, 3.63) is 54.1 Å². The van der Waals surface area contributed by atoms with Gasteiger partial charge >= 0.3 is 5.97 Å². The van der Waals surface area contributed by atoms with Crippen LogP contribution in [0.1, 0.15) is 16.8 Å². The van der Waals surface area contributed by atoms with Crippen molar-refractivity contribution >= 4 is 11.9 Å². The van der Waals surface area contributed by atoms with Gasteiger partial charge in [0.2, 0.25) is 0 Å².